The highest BCUT2D eigenvalue weighted by Crippen LogP contribution is 2.34. The number of likely N-dealkylation sites (tertiary alicyclic amines) is 1. The first kappa shape index (κ1) is 17.6. The van der Waals surface area contributed by atoms with Gasteiger partial charge in [0.05, 0.1) is 13.2 Å². The molecule has 0 N–H and O–H groups in total. The summed E-state index contributed by atoms with van der Waals surface area (Å²) in [5.74, 6) is 1.21. The second kappa shape index (κ2) is 7.45. The molecule has 1 unspecified atom stereocenters. The Morgan fingerprint density at radius 2 is 2.04 bits per heavy atom. The van der Waals surface area contributed by atoms with Crippen molar-refractivity contribution in [1.29, 1.82) is 0 Å². The van der Waals surface area contributed by atoms with E-state index in [-0.39, 0.29) is 11.9 Å². The molecule has 0 aliphatic carbocycles. The van der Waals surface area contributed by atoms with Crippen LogP contribution in [0.5, 0.6) is 5.75 Å². The number of hydrogen-bond acceptors (Lipinski definition) is 4. The highest BCUT2D eigenvalue weighted by Gasteiger charge is 2.32. The van der Waals surface area contributed by atoms with E-state index in [1.165, 1.54) is 0 Å². The lowest BCUT2D eigenvalue weighted by atomic mass is 10.0. The largest absolute Gasteiger partial charge is 0.497 e. The molecule has 2 aromatic carbocycles. The maximum absolute atomic E-state index is 13.0. The molecule has 138 valence electrons. The number of ether oxygens (including phenoxy) is 1. The van der Waals surface area contributed by atoms with Crippen molar-refractivity contribution < 1.29 is 14.1 Å². The molecule has 1 aliphatic heterocycles. The van der Waals surface area contributed by atoms with Crippen LogP contribution in [0.2, 0.25) is 5.02 Å². The summed E-state index contributed by atoms with van der Waals surface area (Å²) >= 11 is 6.03. The average Bonchev–Trinajstić information content (AvgIpc) is 3.37. The third-order valence-corrected chi connectivity index (χ3v) is 5.09. The van der Waals surface area contributed by atoms with Crippen molar-refractivity contribution in [2.75, 3.05) is 13.7 Å². The topological polar surface area (TPSA) is 55.6 Å². The highest BCUT2D eigenvalue weighted by molar-refractivity contribution is 6.30. The smallest absolute Gasteiger partial charge is 0.276 e. The van der Waals surface area contributed by atoms with E-state index in [9.17, 15) is 4.79 Å². The Morgan fingerprint density at radius 1 is 1.22 bits per heavy atom. The van der Waals surface area contributed by atoms with E-state index in [0.29, 0.717) is 23.0 Å². The zero-order chi connectivity index (χ0) is 18.8. The molecule has 0 bridgehead atoms. The van der Waals surface area contributed by atoms with Crippen LogP contribution in [0.4, 0.5) is 0 Å². The number of aromatic nitrogens is 1. The number of benzene rings is 2. The Hall–Kier alpha value is -2.79. The molecule has 0 saturated carbocycles. The highest BCUT2D eigenvalue weighted by atomic mass is 35.5. The predicted molar refractivity (Wildman–Crippen MR) is 103 cm³/mol. The number of halogens is 1. The first-order valence-electron chi connectivity index (χ1n) is 8.83. The number of carbonyl (C=O) groups excluding carboxylic acids is 1. The molecule has 1 atom stereocenters. The van der Waals surface area contributed by atoms with E-state index in [4.69, 9.17) is 20.9 Å². The van der Waals surface area contributed by atoms with Crippen LogP contribution in [0, 0.1) is 0 Å². The Bertz CT molecular complexity index is 952. The maximum Gasteiger partial charge on any atom is 0.276 e. The summed E-state index contributed by atoms with van der Waals surface area (Å²) in [4.78, 5) is 14.9. The van der Waals surface area contributed by atoms with Crippen molar-refractivity contribution in [3.8, 4) is 17.1 Å². The van der Waals surface area contributed by atoms with Crippen LogP contribution in [0.1, 0.15) is 34.9 Å². The van der Waals surface area contributed by atoms with Crippen molar-refractivity contribution in [3.63, 3.8) is 0 Å². The maximum atomic E-state index is 13.0. The van der Waals surface area contributed by atoms with Crippen LogP contribution >= 0.6 is 11.6 Å². The van der Waals surface area contributed by atoms with Gasteiger partial charge in [-0.15, -0.1) is 0 Å². The fourth-order valence-corrected chi connectivity index (χ4v) is 3.67. The minimum atomic E-state index is -0.120. The van der Waals surface area contributed by atoms with Crippen molar-refractivity contribution in [3.05, 3.63) is 70.9 Å². The third kappa shape index (κ3) is 3.55. The number of rotatable bonds is 4. The number of nitrogens with zero attached hydrogens (tertiary/aromatic N) is 2. The van der Waals surface area contributed by atoms with Gasteiger partial charge in [0, 0.05) is 23.2 Å². The predicted octanol–water partition coefficient (Wildman–Crippen LogP) is 4.98. The molecule has 4 rings (SSSR count). The van der Waals surface area contributed by atoms with Gasteiger partial charge in [-0.1, -0.05) is 41.0 Å². The fourth-order valence-electron chi connectivity index (χ4n) is 3.48. The molecule has 1 saturated heterocycles. The van der Waals surface area contributed by atoms with Gasteiger partial charge in [-0.2, -0.15) is 0 Å². The molecule has 1 aliphatic rings. The van der Waals surface area contributed by atoms with Crippen LogP contribution in [0.3, 0.4) is 0 Å². The zero-order valence-corrected chi connectivity index (χ0v) is 15.6. The molecule has 5 nitrogen and oxygen atoms in total. The van der Waals surface area contributed by atoms with E-state index in [1.54, 1.807) is 25.3 Å². The van der Waals surface area contributed by atoms with Gasteiger partial charge in [0.15, 0.2) is 11.5 Å². The summed E-state index contributed by atoms with van der Waals surface area (Å²) in [6.45, 7) is 0.703. The van der Waals surface area contributed by atoms with Gasteiger partial charge >= 0.3 is 0 Å². The quantitative estimate of drug-likeness (QED) is 0.638. The monoisotopic (exact) mass is 382 g/mol. The number of carbonyl (C=O) groups is 1. The second-order valence-electron chi connectivity index (χ2n) is 6.52. The van der Waals surface area contributed by atoms with Crippen LogP contribution in [-0.2, 0) is 0 Å². The lowest BCUT2D eigenvalue weighted by Gasteiger charge is -2.24. The molecule has 1 amide bonds. The molecule has 1 fully saturated rings. The second-order valence-corrected chi connectivity index (χ2v) is 6.95. The van der Waals surface area contributed by atoms with E-state index in [1.807, 2.05) is 41.3 Å². The summed E-state index contributed by atoms with van der Waals surface area (Å²) in [7, 11) is 1.64. The fraction of sp³-hybridized carbons (Fsp3) is 0.238. The van der Waals surface area contributed by atoms with Crippen molar-refractivity contribution in [2.24, 2.45) is 0 Å². The van der Waals surface area contributed by atoms with Gasteiger partial charge < -0.3 is 14.2 Å². The van der Waals surface area contributed by atoms with Gasteiger partial charge in [-0.05, 0) is 42.7 Å². The average molecular weight is 383 g/mol. The zero-order valence-electron chi connectivity index (χ0n) is 14.9. The first-order chi connectivity index (χ1) is 13.2. The van der Waals surface area contributed by atoms with Crippen LogP contribution < -0.4 is 4.74 Å². The number of methoxy groups -OCH3 is 1. The van der Waals surface area contributed by atoms with E-state index >= 15 is 0 Å². The van der Waals surface area contributed by atoms with Crippen LogP contribution in [0.15, 0.2) is 59.1 Å². The molecule has 0 radical (unpaired) electrons. The molecule has 6 heteroatoms. The third-order valence-electron chi connectivity index (χ3n) is 4.85. The van der Waals surface area contributed by atoms with Crippen molar-refractivity contribution in [2.45, 2.75) is 18.9 Å². The van der Waals surface area contributed by atoms with E-state index in [2.05, 4.69) is 5.16 Å². The van der Waals surface area contributed by atoms with E-state index in [0.717, 1.165) is 29.7 Å². The Morgan fingerprint density at radius 3 is 2.78 bits per heavy atom. The lowest BCUT2D eigenvalue weighted by molar-refractivity contribution is 0.0725. The molecule has 3 aromatic rings. The summed E-state index contributed by atoms with van der Waals surface area (Å²) in [6, 6.07) is 16.9. The van der Waals surface area contributed by atoms with Gasteiger partial charge in [0.25, 0.3) is 5.91 Å². The van der Waals surface area contributed by atoms with Crippen molar-refractivity contribution in [1.82, 2.24) is 10.1 Å². The van der Waals surface area contributed by atoms with Gasteiger partial charge in [-0.3, -0.25) is 4.79 Å². The molecule has 2 heterocycles. The minimum Gasteiger partial charge on any atom is -0.497 e. The van der Waals surface area contributed by atoms with Gasteiger partial charge in [-0.25, -0.2) is 0 Å². The lowest BCUT2D eigenvalue weighted by Crippen LogP contribution is -2.30. The summed E-state index contributed by atoms with van der Waals surface area (Å²) < 4.78 is 10.6. The Labute approximate surface area is 162 Å². The van der Waals surface area contributed by atoms with Gasteiger partial charge in [0.1, 0.15) is 5.75 Å². The summed E-state index contributed by atoms with van der Waals surface area (Å²) in [6.07, 6.45) is 1.89. The molecular weight excluding hydrogens is 364 g/mol. The number of amides is 1. The molecular formula is C21H19ClN2O3. The molecule has 1 aromatic heterocycles. The number of hydrogen-bond donors (Lipinski definition) is 0. The molecule has 27 heavy (non-hydrogen) atoms. The Kier molecular flexibility index (Phi) is 4.86. The van der Waals surface area contributed by atoms with Gasteiger partial charge in [0.2, 0.25) is 0 Å². The van der Waals surface area contributed by atoms with Crippen LogP contribution in [-0.4, -0.2) is 29.6 Å². The normalized spacial score (nSPS) is 16.5. The Balaban J connectivity index is 1.56. The van der Waals surface area contributed by atoms with E-state index < -0.39 is 0 Å². The minimum absolute atomic E-state index is 0.0368. The summed E-state index contributed by atoms with van der Waals surface area (Å²) in [5, 5.41) is 4.60. The molecule has 0 spiro atoms. The summed E-state index contributed by atoms with van der Waals surface area (Å²) in [5.41, 5.74) is 2.20. The SMILES string of the molecule is COc1ccc(C2CCCN2C(=O)c2cc(-c3cccc(Cl)c3)on2)cc1. The van der Waals surface area contributed by atoms with Crippen molar-refractivity contribution >= 4 is 17.5 Å². The standard InChI is InChI=1S/C21H19ClN2O3/c1-26-17-9-7-14(8-10-17)19-6-3-11-24(19)21(25)18-13-20(27-23-18)15-4-2-5-16(22)12-15/h2,4-5,7-10,12-13,19H,3,6,11H2,1H3. The first-order valence-corrected chi connectivity index (χ1v) is 9.21. The van der Waals surface area contributed by atoms with Crippen LogP contribution in [0.25, 0.3) is 11.3 Å².